The number of nitrogens with zero attached hydrogens (tertiary/aromatic N) is 3. The molecule has 1 aromatic carbocycles. The lowest BCUT2D eigenvalue weighted by Crippen LogP contribution is -2.02. The van der Waals surface area contributed by atoms with Crippen LogP contribution in [0.25, 0.3) is 11.1 Å². The van der Waals surface area contributed by atoms with Gasteiger partial charge in [0.05, 0.1) is 11.3 Å². The zero-order valence-corrected chi connectivity index (χ0v) is 14.1. The first kappa shape index (κ1) is 16.2. The highest BCUT2D eigenvalue weighted by Gasteiger charge is 2.20. The highest BCUT2D eigenvalue weighted by Crippen LogP contribution is 2.35. The van der Waals surface area contributed by atoms with Gasteiger partial charge in [0.1, 0.15) is 18.5 Å². The van der Waals surface area contributed by atoms with Gasteiger partial charge in [-0.25, -0.2) is 9.37 Å². The Hall–Kier alpha value is -3.26. The summed E-state index contributed by atoms with van der Waals surface area (Å²) in [7, 11) is 0. The van der Waals surface area contributed by atoms with Crippen molar-refractivity contribution in [1.29, 1.82) is 5.26 Å². The van der Waals surface area contributed by atoms with Gasteiger partial charge in [-0.1, -0.05) is 12.1 Å². The predicted molar refractivity (Wildman–Crippen MR) is 94.9 cm³/mol. The van der Waals surface area contributed by atoms with Crippen molar-refractivity contribution in [3.05, 3.63) is 77.0 Å². The lowest BCUT2D eigenvalue weighted by atomic mass is 9.98. The summed E-state index contributed by atoms with van der Waals surface area (Å²) < 4.78 is 19.9. The van der Waals surface area contributed by atoms with Crippen molar-refractivity contribution in [1.82, 2.24) is 9.97 Å². The molecule has 0 N–H and O–H groups in total. The van der Waals surface area contributed by atoms with Crippen LogP contribution in [0.1, 0.15) is 28.9 Å². The van der Waals surface area contributed by atoms with Crippen LogP contribution in [0.2, 0.25) is 0 Å². The van der Waals surface area contributed by atoms with Crippen LogP contribution in [-0.2, 0) is 19.4 Å². The summed E-state index contributed by atoms with van der Waals surface area (Å²) in [5, 5.41) is 8.93. The third-order valence-electron chi connectivity index (χ3n) is 4.52. The Morgan fingerprint density at radius 3 is 2.85 bits per heavy atom. The van der Waals surface area contributed by atoms with E-state index in [2.05, 4.69) is 9.97 Å². The van der Waals surface area contributed by atoms with Crippen LogP contribution >= 0.6 is 0 Å². The number of halogens is 1. The van der Waals surface area contributed by atoms with E-state index in [0.29, 0.717) is 12.5 Å². The van der Waals surface area contributed by atoms with E-state index >= 15 is 0 Å². The fourth-order valence-corrected chi connectivity index (χ4v) is 3.25. The van der Waals surface area contributed by atoms with Gasteiger partial charge in [-0.3, -0.25) is 4.98 Å². The Morgan fingerprint density at radius 2 is 2.08 bits per heavy atom. The SMILES string of the molecule is N#Cc1ccc(-c2cc(OCc3ccccn3)nc3c2CCC3)cc1F. The normalized spacial score (nSPS) is 12.5. The Balaban J connectivity index is 1.69. The minimum atomic E-state index is -0.510. The molecule has 1 aliphatic carbocycles. The van der Waals surface area contributed by atoms with Crippen molar-refractivity contribution >= 4 is 0 Å². The highest BCUT2D eigenvalue weighted by molar-refractivity contribution is 5.70. The van der Waals surface area contributed by atoms with Crippen molar-refractivity contribution in [2.45, 2.75) is 25.9 Å². The molecule has 4 rings (SSSR count). The van der Waals surface area contributed by atoms with Gasteiger partial charge in [-0.05, 0) is 60.2 Å². The summed E-state index contributed by atoms with van der Waals surface area (Å²) in [6, 6.07) is 14.1. The van der Waals surface area contributed by atoms with E-state index in [0.717, 1.165) is 47.3 Å². The zero-order chi connectivity index (χ0) is 17.9. The van der Waals surface area contributed by atoms with Gasteiger partial charge in [-0.2, -0.15) is 5.26 Å². The molecule has 128 valence electrons. The van der Waals surface area contributed by atoms with Crippen LogP contribution < -0.4 is 4.74 Å². The molecular formula is C21H16FN3O. The quantitative estimate of drug-likeness (QED) is 0.710. The average molecular weight is 345 g/mol. The first-order valence-electron chi connectivity index (χ1n) is 8.50. The molecule has 26 heavy (non-hydrogen) atoms. The van der Waals surface area contributed by atoms with Crippen LogP contribution in [0.4, 0.5) is 4.39 Å². The van der Waals surface area contributed by atoms with Crippen LogP contribution in [0.15, 0.2) is 48.7 Å². The van der Waals surface area contributed by atoms with E-state index in [4.69, 9.17) is 10.00 Å². The largest absolute Gasteiger partial charge is 0.471 e. The molecule has 5 heteroatoms. The molecule has 0 bridgehead atoms. The number of benzene rings is 1. The van der Waals surface area contributed by atoms with Gasteiger partial charge in [-0.15, -0.1) is 0 Å². The molecule has 3 aromatic rings. The van der Waals surface area contributed by atoms with Gasteiger partial charge in [0, 0.05) is 18.0 Å². The molecular weight excluding hydrogens is 329 g/mol. The summed E-state index contributed by atoms with van der Waals surface area (Å²) in [5.41, 5.74) is 4.67. The van der Waals surface area contributed by atoms with Crippen LogP contribution in [0, 0.1) is 17.1 Å². The number of pyridine rings is 2. The summed E-state index contributed by atoms with van der Waals surface area (Å²) in [5.74, 6) is 0.000541. The van der Waals surface area contributed by atoms with E-state index in [1.165, 1.54) is 12.1 Å². The summed E-state index contributed by atoms with van der Waals surface area (Å²) in [6.45, 7) is 0.327. The smallest absolute Gasteiger partial charge is 0.214 e. The molecule has 0 amide bonds. The van der Waals surface area contributed by atoms with Crippen LogP contribution in [0.3, 0.4) is 0 Å². The molecule has 0 saturated heterocycles. The van der Waals surface area contributed by atoms with Crippen LogP contribution in [0.5, 0.6) is 5.88 Å². The molecule has 0 fully saturated rings. The van der Waals surface area contributed by atoms with Crippen molar-refractivity contribution < 1.29 is 9.13 Å². The molecule has 2 heterocycles. The number of nitriles is 1. The molecule has 0 atom stereocenters. The Morgan fingerprint density at radius 1 is 1.15 bits per heavy atom. The van der Waals surface area contributed by atoms with Crippen molar-refractivity contribution in [3.63, 3.8) is 0 Å². The molecule has 1 aliphatic rings. The lowest BCUT2D eigenvalue weighted by Gasteiger charge is -2.12. The highest BCUT2D eigenvalue weighted by atomic mass is 19.1. The minimum Gasteiger partial charge on any atom is -0.471 e. The second-order valence-electron chi connectivity index (χ2n) is 6.20. The first-order valence-corrected chi connectivity index (χ1v) is 8.50. The minimum absolute atomic E-state index is 0.0473. The number of hydrogen-bond acceptors (Lipinski definition) is 4. The molecule has 2 aromatic heterocycles. The number of ether oxygens (including phenoxy) is 1. The van der Waals surface area contributed by atoms with Gasteiger partial charge >= 0.3 is 0 Å². The second-order valence-corrected chi connectivity index (χ2v) is 6.20. The van der Waals surface area contributed by atoms with Crippen molar-refractivity contribution in [3.8, 4) is 23.1 Å². The van der Waals surface area contributed by atoms with E-state index in [-0.39, 0.29) is 5.56 Å². The maximum atomic E-state index is 14.1. The fraction of sp³-hybridized carbons (Fsp3) is 0.190. The summed E-state index contributed by atoms with van der Waals surface area (Å²) >= 11 is 0. The maximum Gasteiger partial charge on any atom is 0.214 e. The molecule has 0 spiro atoms. The molecule has 0 unspecified atom stereocenters. The predicted octanol–water partition coefficient (Wildman–Crippen LogP) is 4.22. The number of rotatable bonds is 4. The van der Waals surface area contributed by atoms with E-state index < -0.39 is 5.82 Å². The van der Waals surface area contributed by atoms with E-state index in [9.17, 15) is 4.39 Å². The Labute approximate surface area is 150 Å². The van der Waals surface area contributed by atoms with Crippen LogP contribution in [-0.4, -0.2) is 9.97 Å². The first-order chi connectivity index (χ1) is 12.7. The Bertz CT molecular complexity index is 996. The molecule has 4 nitrogen and oxygen atoms in total. The fourth-order valence-electron chi connectivity index (χ4n) is 3.25. The van der Waals surface area contributed by atoms with Gasteiger partial charge in [0.25, 0.3) is 0 Å². The maximum absolute atomic E-state index is 14.1. The topological polar surface area (TPSA) is 58.8 Å². The van der Waals surface area contributed by atoms with Crippen molar-refractivity contribution in [2.75, 3.05) is 0 Å². The lowest BCUT2D eigenvalue weighted by molar-refractivity contribution is 0.288. The molecule has 0 aliphatic heterocycles. The summed E-state index contributed by atoms with van der Waals surface area (Å²) in [4.78, 5) is 8.86. The number of hydrogen-bond donors (Lipinski definition) is 0. The van der Waals surface area contributed by atoms with Gasteiger partial charge < -0.3 is 4.74 Å². The van der Waals surface area contributed by atoms with E-state index in [1.807, 2.05) is 30.3 Å². The van der Waals surface area contributed by atoms with Gasteiger partial charge in [0.2, 0.25) is 5.88 Å². The van der Waals surface area contributed by atoms with E-state index in [1.54, 1.807) is 12.3 Å². The monoisotopic (exact) mass is 345 g/mol. The zero-order valence-electron chi connectivity index (χ0n) is 14.1. The summed E-state index contributed by atoms with van der Waals surface area (Å²) in [6.07, 6.45) is 4.55. The molecule has 0 saturated carbocycles. The third-order valence-corrected chi connectivity index (χ3v) is 4.52. The van der Waals surface area contributed by atoms with Gasteiger partial charge in [0.15, 0.2) is 0 Å². The molecule has 0 radical (unpaired) electrons. The second kappa shape index (κ2) is 6.93. The Kier molecular flexibility index (Phi) is 4.32. The average Bonchev–Trinajstić information content (AvgIpc) is 3.15. The number of aryl methyl sites for hydroxylation is 1. The number of aromatic nitrogens is 2. The number of fused-ring (bicyclic) bond motifs is 1. The van der Waals surface area contributed by atoms with Crippen molar-refractivity contribution in [2.24, 2.45) is 0 Å². The third kappa shape index (κ3) is 3.14. The standard InChI is InChI=1S/C21H16FN3O/c22-19-10-14(7-8-15(19)12-23)18-11-21(25-20-6-3-5-17(18)20)26-13-16-4-1-2-9-24-16/h1-2,4,7-11H,3,5-6,13H2.